The van der Waals surface area contributed by atoms with Gasteiger partial charge in [-0.1, -0.05) is 288 Å². The van der Waals surface area contributed by atoms with Crippen LogP contribution >= 0.6 is 0 Å². The van der Waals surface area contributed by atoms with E-state index in [1.807, 2.05) is 6.08 Å². The Labute approximate surface area is 519 Å². The van der Waals surface area contributed by atoms with Crippen LogP contribution in [0.5, 0.6) is 0 Å². The number of unbranched alkanes of at least 4 members (excludes halogenated alkanes) is 42. The Bertz CT molecular complexity index is 1560. The smallest absolute Gasteiger partial charge is 0.220 e. The molecule has 12 atom stereocenters. The van der Waals surface area contributed by atoms with Crippen LogP contribution in [0.15, 0.2) is 36.5 Å². The quantitative estimate of drug-likeness (QED) is 0.0204. The molecule has 2 saturated heterocycles. The van der Waals surface area contributed by atoms with Gasteiger partial charge in [0.25, 0.3) is 0 Å². The van der Waals surface area contributed by atoms with Crippen LogP contribution in [0.25, 0.3) is 0 Å². The van der Waals surface area contributed by atoms with Crippen molar-refractivity contribution in [3.05, 3.63) is 36.5 Å². The van der Waals surface area contributed by atoms with Gasteiger partial charge in [-0.05, 0) is 57.8 Å². The Balaban J connectivity index is 1.49. The van der Waals surface area contributed by atoms with Gasteiger partial charge in [-0.25, -0.2) is 0 Å². The van der Waals surface area contributed by atoms with Gasteiger partial charge >= 0.3 is 0 Å². The van der Waals surface area contributed by atoms with E-state index in [1.165, 1.54) is 250 Å². The molecule has 2 aliphatic rings. The highest BCUT2D eigenvalue weighted by Gasteiger charge is 2.51. The molecule has 14 heteroatoms. The predicted molar refractivity (Wildman–Crippen MR) is 346 cm³/mol. The molecule has 0 bridgehead atoms. The van der Waals surface area contributed by atoms with Gasteiger partial charge in [0.2, 0.25) is 5.91 Å². The molecule has 1 amide bonds. The maximum absolute atomic E-state index is 13.2. The second-order valence-electron chi connectivity index (χ2n) is 25.4. The summed E-state index contributed by atoms with van der Waals surface area (Å²) in [7, 11) is 0. The lowest BCUT2D eigenvalue weighted by Gasteiger charge is -2.46. The van der Waals surface area contributed by atoms with E-state index in [0.717, 1.165) is 32.1 Å². The van der Waals surface area contributed by atoms with Gasteiger partial charge in [0.05, 0.1) is 32.0 Å². The number of amides is 1. The lowest BCUT2D eigenvalue weighted by Crippen LogP contribution is -2.65. The monoisotopic (exact) mass is 1210 g/mol. The highest BCUT2D eigenvalue weighted by molar-refractivity contribution is 5.76. The van der Waals surface area contributed by atoms with E-state index in [-0.39, 0.29) is 18.9 Å². The van der Waals surface area contributed by atoms with Crippen molar-refractivity contribution in [2.75, 3.05) is 19.8 Å². The number of aliphatic hydroxyl groups is 8. The standard InChI is InChI=1S/C71H133NO13/c1-3-5-7-9-11-13-15-16-17-18-19-20-21-22-23-24-25-26-27-28-29-30-31-32-33-34-35-36-37-38-39-40-41-42-43-44-45-47-49-51-53-55-63(76)72-59(60(75)54-52-50-48-46-14-12-10-8-6-4-2)58-82-70-68(81)66(79)69(62(57-74)84-70)85-71-67(80)65(78)64(77)61(56-73)83-71/h14,18-19,46,52,54,59-62,64-71,73-75,77-81H,3-13,15-17,20-45,47-51,53,55-58H2,1-2H3,(H,72,76)/b19-18-,46-14+,54-52+. The maximum Gasteiger partial charge on any atom is 0.220 e. The highest BCUT2D eigenvalue weighted by atomic mass is 16.7. The highest BCUT2D eigenvalue weighted by Crippen LogP contribution is 2.30. The van der Waals surface area contributed by atoms with E-state index in [0.29, 0.717) is 12.8 Å². The second kappa shape index (κ2) is 56.2. The Hall–Kier alpha value is -1.79. The van der Waals surface area contributed by atoms with Crippen molar-refractivity contribution in [3.63, 3.8) is 0 Å². The first-order valence-corrected chi connectivity index (χ1v) is 35.7. The minimum Gasteiger partial charge on any atom is -0.394 e. The van der Waals surface area contributed by atoms with E-state index in [9.17, 15) is 45.6 Å². The van der Waals surface area contributed by atoms with Gasteiger partial charge in [-0.3, -0.25) is 4.79 Å². The van der Waals surface area contributed by atoms with E-state index in [2.05, 4.69) is 43.5 Å². The number of hydrogen-bond acceptors (Lipinski definition) is 13. The Morgan fingerprint density at radius 3 is 1.16 bits per heavy atom. The average Bonchev–Trinajstić information content (AvgIpc) is 3.25. The van der Waals surface area contributed by atoms with E-state index >= 15 is 0 Å². The summed E-state index contributed by atoms with van der Waals surface area (Å²) in [6.45, 7) is 2.76. The van der Waals surface area contributed by atoms with Crippen LogP contribution in [0, 0.1) is 0 Å². The predicted octanol–water partition coefficient (Wildman–Crippen LogP) is 14.5. The summed E-state index contributed by atoms with van der Waals surface area (Å²) in [6, 6.07) is -0.928. The fourth-order valence-corrected chi connectivity index (χ4v) is 11.8. The fraction of sp³-hybridized carbons (Fsp3) is 0.901. The summed E-state index contributed by atoms with van der Waals surface area (Å²) >= 11 is 0. The van der Waals surface area contributed by atoms with Gasteiger partial charge < -0.3 is 65.1 Å². The number of rotatable bonds is 59. The molecule has 2 aliphatic heterocycles. The van der Waals surface area contributed by atoms with Crippen molar-refractivity contribution in [2.45, 2.75) is 389 Å². The zero-order valence-corrected chi connectivity index (χ0v) is 54.4. The minimum absolute atomic E-state index is 0.246. The number of ether oxygens (including phenoxy) is 4. The van der Waals surface area contributed by atoms with Crippen LogP contribution in [0.2, 0.25) is 0 Å². The van der Waals surface area contributed by atoms with Crippen LogP contribution < -0.4 is 5.32 Å². The van der Waals surface area contributed by atoms with Crippen molar-refractivity contribution in [1.82, 2.24) is 5.32 Å². The summed E-state index contributed by atoms with van der Waals surface area (Å²) in [5.74, 6) is -0.246. The molecule has 2 fully saturated rings. The molecule has 0 radical (unpaired) electrons. The number of carbonyl (C=O) groups excluding carboxylic acids is 1. The van der Waals surface area contributed by atoms with Crippen LogP contribution in [0.1, 0.15) is 316 Å². The van der Waals surface area contributed by atoms with Crippen LogP contribution in [0.4, 0.5) is 0 Å². The van der Waals surface area contributed by atoms with Crippen LogP contribution in [-0.4, -0.2) is 140 Å². The number of carbonyl (C=O) groups is 1. The summed E-state index contributed by atoms with van der Waals surface area (Å²) in [5.41, 5.74) is 0. The molecular formula is C71H133NO13. The van der Waals surface area contributed by atoms with Crippen LogP contribution in [0.3, 0.4) is 0 Å². The number of hydrogen-bond donors (Lipinski definition) is 9. The SMILES string of the molecule is CCCCCC/C=C/CC/C=C/C(O)C(COC1OC(CO)C(OC2OC(CO)C(O)C(O)C2O)C(O)C1O)NC(=O)CCCCCCCCCCCCCCCCCCCCCCCCCCCCCCC/C=C\CCCCCCCCCC. The summed E-state index contributed by atoms with van der Waals surface area (Å²) in [5, 5.41) is 87.0. The van der Waals surface area contributed by atoms with Crippen molar-refractivity contribution < 1.29 is 64.6 Å². The number of aliphatic hydroxyl groups excluding tert-OH is 8. The van der Waals surface area contributed by atoms with Gasteiger partial charge in [0.1, 0.15) is 48.8 Å². The first kappa shape index (κ1) is 79.3. The molecule has 2 rings (SSSR count). The maximum atomic E-state index is 13.2. The second-order valence-corrected chi connectivity index (χ2v) is 25.4. The summed E-state index contributed by atoms with van der Waals surface area (Å²) in [6.07, 6.45) is 55.6. The topological polar surface area (TPSA) is 228 Å². The molecule has 12 unspecified atom stereocenters. The third kappa shape index (κ3) is 40.5. The zero-order chi connectivity index (χ0) is 61.6. The molecule has 9 N–H and O–H groups in total. The van der Waals surface area contributed by atoms with Crippen molar-refractivity contribution in [1.29, 1.82) is 0 Å². The first-order valence-electron chi connectivity index (χ1n) is 35.7. The molecule has 0 aromatic heterocycles. The van der Waals surface area contributed by atoms with Gasteiger partial charge in [-0.15, -0.1) is 0 Å². The molecule has 0 aromatic rings. The molecule has 14 nitrogen and oxygen atoms in total. The first-order chi connectivity index (χ1) is 41.6. The Morgan fingerprint density at radius 1 is 0.412 bits per heavy atom. The van der Waals surface area contributed by atoms with Gasteiger partial charge in [0.15, 0.2) is 12.6 Å². The molecule has 85 heavy (non-hydrogen) atoms. The van der Waals surface area contributed by atoms with Crippen molar-refractivity contribution in [2.24, 2.45) is 0 Å². The molecule has 0 spiro atoms. The van der Waals surface area contributed by atoms with Crippen LogP contribution in [-0.2, 0) is 23.7 Å². The molecule has 0 saturated carbocycles. The summed E-state index contributed by atoms with van der Waals surface area (Å²) in [4.78, 5) is 13.2. The zero-order valence-electron chi connectivity index (χ0n) is 54.4. The third-order valence-electron chi connectivity index (χ3n) is 17.5. The van der Waals surface area contributed by atoms with Crippen molar-refractivity contribution in [3.8, 4) is 0 Å². The minimum atomic E-state index is -1.79. The van der Waals surface area contributed by atoms with E-state index < -0.39 is 86.8 Å². The van der Waals surface area contributed by atoms with Crippen molar-refractivity contribution >= 4 is 5.91 Å². The van der Waals surface area contributed by atoms with Gasteiger partial charge in [0, 0.05) is 6.42 Å². The third-order valence-corrected chi connectivity index (χ3v) is 17.5. The van der Waals surface area contributed by atoms with Gasteiger partial charge in [-0.2, -0.15) is 0 Å². The van der Waals surface area contributed by atoms with E-state index in [4.69, 9.17) is 18.9 Å². The molecule has 2 heterocycles. The number of allylic oxidation sites excluding steroid dienone is 5. The normalized spacial score (nSPS) is 23.7. The lowest BCUT2D eigenvalue weighted by molar-refractivity contribution is -0.359. The Kier molecular flexibility index (Phi) is 52.4. The largest absolute Gasteiger partial charge is 0.394 e. The average molecular weight is 1210 g/mol. The fourth-order valence-electron chi connectivity index (χ4n) is 11.8. The number of nitrogens with one attached hydrogen (secondary N) is 1. The summed E-state index contributed by atoms with van der Waals surface area (Å²) < 4.78 is 22.7. The molecule has 0 aromatic carbocycles. The molecule has 500 valence electrons. The van der Waals surface area contributed by atoms with E-state index in [1.54, 1.807) is 6.08 Å². The molecular weight excluding hydrogens is 1070 g/mol. The lowest BCUT2D eigenvalue weighted by atomic mass is 9.97. The Morgan fingerprint density at radius 2 is 0.753 bits per heavy atom. The molecule has 0 aliphatic carbocycles.